The van der Waals surface area contributed by atoms with E-state index in [1.807, 2.05) is 24.4 Å². The average molecular weight is 259 g/mol. The van der Waals surface area contributed by atoms with Crippen LogP contribution in [0.4, 0.5) is 5.69 Å². The Kier molecular flexibility index (Phi) is 6.90. The Hall–Kier alpha value is -1.61. The SMILES string of the molecule is C=CCN(CC=C)c1ccnc(CNCC(C)C)c1. The average Bonchev–Trinajstić information content (AvgIpc) is 2.38. The second-order valence-corrected chi connectivity index (χ2v) is 5.01. The molecule has 0 bridgehead atoms. The van der Waals surface area contributed by atoms with Crippen LogP contribution < -0.4 is 10.2 Å². The van der Waals surface area contributed by atoms with Gasteiger partial charge in [0.25, 0.3) is 0 Å². The molecule has 3 nitrogen and oxygen atoms in total. The first-order valence-electron chi connectivity index (χ1n) is 6.79. The summed E-state index contributed by atoms with van der Waals surface area (Å²) in [5.74, 6) is 0.654. The molecule has 0 fully saturated rings. The minimum absolute atomic E-state index is 0.654. The lowest BCUT2D eigenvalue weighted by Crippen LogP contribution is -2.24. The van der Waals surface area contributed by atoms with Gasteiger partial charge < -0.3 is 10.2 Å². The number of nitrogens with zero attached hydrogens (tertiary/aromatic N) is 2. The Morgan fingerprint density at radius 1 is 1.32 bits per heavy atom. The molecule has 104 valence electrons. The Bertz CT molecular complexity index is 389. The van der Waals surface area contributed by atoms with Crippen LogP contribution in [0, 0.1) is 5.92 Å². The van der Waals surface area contributed by atoms with Crippen molar-refractivity contribution in [1.29, 1.82) is 0 Å². The fourth-order valence-corrected chi connectivity index (χ4v) is 1.84. The van der Waals surface area contributed by atoms with Crippen LogP contribution in [0.15, 0.2) is 43.6 Å². The lowest BCUT2D eigenvalue weighted by Gasteiger charge is -2.22. The predicted molar refractivity (Wildman–Crippen MR) is 83.4 cm³/mol. The van der Waals surface area contributed by atoms with Crippen molar-refractivity contribution in [3.63, 3.8) is 0 Å². The van der Waals surface area contributed by atoms with Crippen LogP contribution in [0.3, 0.4) is 0 Å². The van der Waals surface area contributed by atoms with E-state index in [0.717, 1.165) is 37.6 Å². The molecule has 0 saturated carbocycles. The summed E-state index contributed by atoms with van der Waals surface area (Å²) in [6.45, 7) is 15.4. The number of aromatic nitrogens is 1. The molecule has 0 unspecified atom stereocenters. The highest BCUT2D eigenvalue weighted by molar-refractivity contribution is 5.47. The molecule has 0 radical (unpaired) electrons. The van der Waals surface area contributed by atoms with Crippen LogP contribution in [0.25, 0.3) is 0 Å². The number of anilines is 1. The first-order chi connectivity index (χ1) is 9.17. The lowest BCUT2D eigenvalue weighted by molar-refractivity contribution is 0.548. The fourth-order valence-electron chi connectivity index (χ4n) is 1.84. The first kappa shape index (κ1) is 15.4. The van der Waals surface area contributed by atoms with Gasteiger partial charge in [0.15, 0.2) is 0 Å². The van der Waals surface area contributed by atoms with Gasteiger partial charge in [0.1, 0.15) is 0 Å². The van der Waals surface area contributed by atoms with Crippen molar-refractivity contribution < 1.29 is 0 Å². The van der Waals surface area contributed by atoms with E-state index in [9.17, 15) is 0 Å². The van der Waals surface area contributed by atoms with Gasteiger partial charge in [0, 0.05) is 31.5 Å². The van der Waals surface area contributed by atoms with Crippen molar-refractivity contribution in [2.75, 3.05) is 24.5 Å². The van der Waals surface area contributed by atoms with Gasteiger partial charge in [-0.3, -0.25) is 4.98 Å². The van der Waals surface area contributed by atoms with Crippen molar-refractivity contribution in [2.24, 2.45) is 5.92 Å². The Morgan fingerprint density at radius 3 is 2.58 bits per heavy atom. The summed E-state index contributed by atoms with van der Waals surface area (Å²) in [5, 5.41) is 3.41. The third-order valence-corrected chi connectivity index (χ3v) is 2.72. The monoisotopic (exact) mass is 259 g/mol. The molecular weight excluding hydrogens is 234 g/mol. The molecule has 1 aromatic heterocycles. The van der Waals surface area contributed by atoms with E-state index in [1.165, 1.54) is 0 Å². The topological polar surface area (TPSA) is 28.2 Å². The smallest absolute Gasteiger partial charge is 0.0562 e. The molecule has 0 aliphatic rings. The number of rotatable bonds is 9. The molecule has 3 heteroatoms. The van der Waals surface area contributed by atoms with Gasteiger partial charge in [-0.25, -0.2) is 0 Å². The largest absolute Gasteiger partial charge is 0.364 e. The molecule has 19 heavy (non-hydrogen) atoms. The third-order valence-electron chi connectivity index (χ3n) is 2.72. The van der Waals surface area contributed by atoms with Crippen LogP contribution in [0.2, 0.25) is 0 Å². The summed E-state index contributed by atoms with van der Waals surface area (Å²) < 4.78 is 0. The van der Waals surface area contributed by atoms with E-state index < -0.39 is 0 Å². The minimum Gasteiger partial charge on any atom is -0.364 e. The van der Waals surface area contributed by atoms with Crippen molar-refractivity contribution in [2.45, 2.75) is 20.4 Å². The zero-order valence-corrected chi connectivity index (χ0v) is 12.1. The van der Waals surface area contributed by atoms with E-state index >= 15 is 0 Å². The van der Waals surface area contributed by atoms with E-state index in [1.54, 1.807) is 0 Å². The van der Waals surface area contributed by atoms with Crippen LogP contribution in [0.5, 0.6) is 0 Å². The van der Waals surface area contributed by atoms with Crippen molar-refractivity contribution in [3.8, 4) is 0 Å². The Balaban J connectivity index is 2.68. The van der Waals surface area contributed by atoms with Gasteiger partial charge in [-0.05, 0) is 24.6 Å². The molecular formula is C16H25N3. The highest BCUT2D eigenvalue weighted by Gasteiger charge is 2.04. The van der Waals surface area contributed by atoms with Crippen molar-refractivity contribution in [1.82, 2.24) is 10.3 Å². The molecule has 0 aromatic carbocycles. The molecule has 0 spiro atoms. The summed E-state index contributed by atoms with van der Waals surface area (Å²) in [5.41, 5.74) is 2.23. The van der Waals surface area contributed by atoms with Gasteiger partial charge in [0.05, 0.1) is 5.69 Å². The molecule has 1 rings (SSSR count). The Labute approximate surface area is 117 Å². The van der Waals surface area contributed by atoms with Gasteiger partial charge in [0.2, 0.25) is 0 Å². The first-order valence-corrected chi connectivity index (χ1v) is 6.79. The quantitative estimate of drug-likeness (QED) is 0.691. The second kappa shape index (κ2) is 8.48. The normalized spacial score (nSPS) is 10.5. The number of hydrogen-bond donors (Lipinski definition) is 1. The van der Waals surface area contributed by atoms with Crippen LogP contribution in [0.1, 0.15) is 19.5 Å². The highest BCUT2D eigenvalue weighted by Crippen LogP contribution is 2.14. The molecule has 1 heterocycles. The van der Waals surface area contributed by atoms with E-state index in [-0.39, 0.29) is 0 Å². The molecule has 0 aliphatic heterocycles. The molecule has 0 atom stereocenters. The molecule has 1 aromatic rings. The maximum absolute atomic E-state index is 4.40. The molecule has 0 saturated heterocycles. The van der Waals surface area contributed by atoms with E-state index in [4.69, 9.17) is 0 Å². The van der Waals surface area contributed by atoms with Gasteiger partial charge in [-0.2, -0.15) is 0 Å². The minimum atomic E-state index is 0.654. The van der Waals surface area contributed by atoms with E-state index in [2.05, 4.69) is 48.3 Å². The highest BCUT2D eigenvalue weighted by atomic mass is 15.1. The van der Waals surface area contributed by atoms with Crippen molar-refractivity contribution >= 4 is 5.69 Å². The summed E-state index contributed by atoms with van der Waals surface area (Å²) in [6.07, 6.45) is 5.67. The third kappa shape index (κ3) is 5.71. The summed E-state index contributed by atoms with van der Waals surface area (Å²) in [7, 11) is 0. The number of nitrogens with one attached hydrogen (secondary N) is 1. The van der Waals surface area contributed by atoms with Crippen LogP contribution >= 0.6 is 0 Å². The summed E-state index contributed by atoms with van der Waals surface area (Å²) in [4.78, 5) is 6.61. The second-order valence-electron chi connectivity index (χ2n) is 5.01. The maximum Gasteiger partial charge on any atom is 0.0562 e. The fraction of sp³-hybridized carbons (Fsp3) is 0.438. The summed E-state index contributed by atoms with van der Waals surface area (Å²) >= 11 is 0. The van der Waals surface area contributed by atoms with Gasteiger partial charge in [-0.1, -0.05) is 26.0 Å². The summed E-state index contributed by atoms with van der Waals surface area (Å²) in [6, 6.07) is 4.15. The molecule has 1 N–H and O–H groups in total. The van der Waals surface area contributed by atoms with Gasteiger partial charge in [-0.15, -0.1) is 13.2 Å². The van der Waals surface area contributed by atoms with Gasteiger partial charge >= 0.3 is 0 Å². The lowest BCUT2D eigenvalue weighted by atomic mass is 10.2. The van der Waals surface area contributed by atoms with E-state index in [0.29, 0.717) is 5.92 Å². The maximum atomic E-state index is 4.40. The number of hydrogen-bond acceptors (Lipinski definition) is 3. The molecule has 0 amide bonds. The van der Waals surface area contributed by atoms with Crippen LogP contribution in [-0.2, 0) is 6.54 Å². The van der Waals surface area contributed by atoms with Crippen LogP contribution in [-0.4, -0.2) is 24.6 Å². The standard InChI is InChI=1S/C16H25N3/c1-5-9-19(10-6-2)16-7-8-18-15(11-16)13-17-12-14(3)4/h5-8,11,14,17H,1-2,9-10,12-13H2,3-4H3. The zero-order valence-electron chi connectivity index (χ0n) is 12.1. The van der Waals surface area contributed by atoms with Crippen molar-refractivity contribution in [3.05, 3.63) is 49.3 Å². The molecule has 0 aliphatic carbocycles. The number of pyridine rings is 1. The Morgan fingerprint density at radius 2 is 2.00 bits per heavy atom. The zero-order chi connectivity index (χ0) is 14.1. The predicted octanol–water partition coefficient (Wildman–Crippen LogP) is 3.01.